The van der Waals surface area contributed by atoms with Crippen molar-refractivity contribution < 1.29 is 21.9 Å². The summed E-state index contributed by atoms with van der Waals surface area (Å²) in [7, 11) is -2.74. The molecule has 0 aromatic heterocycles. The third-order valence-corrected chi connectivity index (χ3v) is 5.79. The maximum absolute atomic E-state index is 12.2. The molecule has 0 spiro atoms. The molecule has 10 nitrogen and oxygen atoms in total. The number of hydrogen-bond acceptors (Lipinski definition) is 10. The fourth-order valence-corrected chi connectivity index (χ4v) is 4.47. The number of benzene rings is 2. The lowest BCUT2D eigenvalue weighted by Crippen LogP contribution is -2.24. The van der Waals surface area contributed by atoms with Gasteiger partial charge in [-0.2, -0.15) is 20.5 Å². The molecule has 12 heteroatoms. The molecule has 0 aliphatic heterocycles. The number of anilines is 1. The van der Waals surface area contributed by atoms with E-state index >= 15 is 0 Å². The molecule has 0 radical (unpaired) electrons. The van der Waals surface area contributed by atoms with Crippen LogP contribution in [0.1, 0.15) is 0 Å². The van der Waals surface area contributed by atoms with E-state index < -0.39 is 19.7 Å². The molecule has 2 aromatic rings. The molecule has 0 saturated carbocycles. The number of phenols is 1. The Morgan fingerprint density at radius 1 is 0.964 bits per heavy atom. The zero-order valence-electron chi connectivity index (χ0n) is 16.1. The lowest BCUT2D eigenvalue weighted by atomic mass is 10.0. The first kappa shape index (κ1) is 21.7. The highest BCUT2D eigenvalue weighted by Crippen LogP contribution is 2.46. The summed E-state index contributed by atoms with van der Waals surface area (Å²) in [6.45, 7) is 0. The Labute approximate surface area is 163 Å². The Kier molecular flexibility index (Phi) is 6.04. The van der Waals surface area contributed by atoms with Gasteiger partial charge >= 0.3 is 0 Å². The maximum atomic E-state index is 12.2. The van der Waals surface area contributed by atoms with Crippen molar-refractivity contribution >= 4 is 47.5 Å². The second-order valence-corrected chi connectivity index (χ2v) is 10.3. The van der Waals surface area contributed by atoms with Crippen LogP contribution in [0.5, 0.6) is 5.75 Å². The van der Waals surface area contributed by atoms with E-state index in [1.54, 1.807) is 13.1 Å². The number of sulfone groups is 2. The number of fused-ring (bicyclic) bond motifs is 1. The fourth-order valence-electron chi connectivity index (χ4n) is 2.81. The van der Waals surface area contributed by atoms with Crippen LogP contribution in [0.15, 0.2) is 43.6 Å². The second kappa shape index (κ2) is 7.80. The van der Waals surface area contributed by atoms with Crippen molar-refractivity contribution in [2.45, 2.75) is 4.90 Å². The number of phenolic OH excluding ortho intramolecular Hbond substituents is 1. The second-order valence-electron chi connectivity index (χ2n) is 6.23. The van der Waals surface area contributed by atoms with Crippen molar-refractivity contribution in [2.24, 2.45) is 20.5 Å². The molecule has 1 N–H and O–H groups in total. The monoisotopic (exact) mass is 427 g/mol. The van der Waals surface area contributed by atoms with Gasteiger partial charge in [0.1, 0.15) is 17.3 Å². The fraction of sp³-hybridized carbons (Fsp3) is 0.375. The van der Waals surface area contributed by atoms with E-state index in [0.717, 1.165) is 12.5 Å². The molecule has 0 bridgehead atoms. The summed E-state index contributed by atoms with van der Waals surface area (Å²) in [4.78, 5) is 1.23. The Morgan fingerprint density at radius 3 is 2.04 bits per heavy atom. The minimum Gasteiger partial charge on any atom is -0.505 e. The van der Waals surface area contributed by atoms with Crippen LogP contribution in [0.4, 0.5) is 17.1 Å². The van der Waals surface area contributed by atoms with Gasteiger partial charge in [0.15, 0.2) is 25.4 Å². The number of azo groups is 2. The highest BCUT2D eigenvalue weighted by atomic mass is 32.2. The van der Waals surface area contributed by atoms with Gasteiger partial charge in [-0.05, 0) is 18.2 Å². The summed E-state index contributed by atoms with van der Waals surface area (Å²) in [6, 6.07) is 4.44. The number of aromatic hydroxyl groups is 1. The lowest BCUT2D eigenvalue weighted by molar-refractivity contribution is 0.480. The molecule has 0 aliphatic rings. The molecule has 0 amide bonds. The maximum Gasteiger partial charge on any atom is 0.177 e. The van der Waals surface area contributed by atoms with Crippen LogP contribution in [0.2, 0.25) is 0 Å². The summed E-state index contributed by atoms with van der Waals surface area (Å²) in [6.07, 6.45) is 2.09. The van der Waals surface area contributed by atoms with E-state index in [9.17, 15) is 21.9 Å². The first-order valence-corrected chi connectivity index (χ1v) is 11.9. The smallest absolute Gasteiger partial charge is 0.177 e. The van der Waals surface area contributed by atoms with Gasteiger partial charge in [-0.15, -0.1) is 0 Å². The lowest BCUT2D eigenvalue weighted by Gasteiger charge is -2.21. The van der Waals surface area contributed by atoms with E-state index in [1.807, 2.05) is 0 Å². The van der Waals surface area contributed by atoms with Crippen molar-refractivity contribution in [2.75, 3.05) is 44.4 Å². The van der Waals surface area contributed by atoms with Gasteiger partial charge in [-0.3, -0.25) is 0 Å². The van der Waals surface area contributed by atoms with Crippen molar-refractivity contribution in [3.05, 3.63) is 18.2 Å². The standard InChI is InChI=1S/C16H21N5O5S2/c1-17-19-14-11-8-13(28(5,25)26)15(20-18-2)16(22)10(11)6-7-12(14)21(3)9-27(4,23)24/h6-8,22H,9H2,1-5H3. The van der Waals surface area contributed by atoms with Crippen LogP contribution in [-0.4, -0.2) is 61.5 Å². The molecule has 0 heterocycles. The number of nitrogens with zero attached hydrogens (tertiary/aromatic N) is 5. The molecular weight excluding hydrogens is 406 g/mol. The summed E-state index contributed by atoms with van der Waals surface area (Å²) < 4.78 is 47.8. The molecular formula is C16H21N5O5S2. The molecule has 152 valence electrons. The first-order valence-electron chi connectivity index (χ1n) is 7.92. The number of hydrogen-bond donors (Lipinski definition) is 1. The van der Waals surface area contributed by atoms with Crippen LogP contribution in [0, 0.1) is 0 Å². The molecule has 0 atom stereocenters. The molecule has 0 fully saturated rings. The third-order valence-electron chi connectivity index (χ3n) is 3.82. The Balaban J connectivity index is 2.97. The summed E-state index contributed by atoms with van der Waals surface area (Å²) in [5.41, 5.74) is 0.465. The van der Waals surface area contributed by atoms with Crippen LogP contribution < -0.4 is 4.90 Å². The van der Waals surface area contributed by atoms with Crippen LogP contribution in [0.25, 0.3) is 10.8 Å². The van der Waals surface area contributed by atoms with E-state index in [-0.39, 0.29) is 38.7 Å². The molecule has 2 aromatic carbocycles. The van der Waals surface area contributed by atoms with Crippen molar-refractivity contribution in [1.82, 2.24) is 0 Å². The summed E-state index contributed by atoms with van der Waals surface area (Å²) in [5.74, 6) is -0.647. The summed E-state index contributed by atoms with van der Waals surface area (Å²) >= 11 is 0. The van der Waals surface area contributed by atoms with Gasteiger partial charge in [-0.25, -0.2) is 16.8 Å². The Bertz CT molecular complexity index is 1190. The van der Waals surface area contributed by atoms with E-state index in [2.05, 4.69) is 20.5 Å². The highest BCUT2D eigenvalue weighted by Gasteiger charge is 2.23. The van der Waals surface area contributed by atoms with Gasteiger partial charge in [0.2, 0.25) is 0 Å². The van der Waals surface area contributed by atoms with Crippen LogP contribution in [0.3, 0.4) is 0 Å². The molecule has 0 unspecified atom stereocenters. The van der Waals surface area contributed by atoms with Gasteiger partial charge in [0.25, 0.3) is 0 Å². The van der Waals surface area contributed by atoms with Crippen molar-refractivity contribution in [3.8, 4) is 5.75 Å². The predicted molar refractivity (Wildman–Crippen MR) is 108 cm³/mol. The van der Waals surface area contributed by atoms with E-state index in [1.165, 1.54) is 31.1 Å². The molecule has 0 saturated heterocycles. The van der Waals surface area contributed by atoms with E-state index in [0.29, 0.717) is 5.69 Å². The Morgan fingerprint density at radius 2 is 1.54 bits per heavy atom. The minimum absolute atomic E-state index is 0.172. The van der Waals surface area contributed by atoms with Gasteiger partial charge in [0, 0.05) is 44.4 Å². The molecule has 0 aliphatic carbocycles. The van der Waals surface area contributed by atoms with Crippen molar-refractivity contribution in [1.29, 1.82) is 0 Å². The average molecular weight is 428 g/mol. The normalized spacial score (nSPS) is 13.0. The van der Waals surface area contributed by atoms with Crippen molar-refractivity contribution in [3.63, 3.8) is 0 Å². The van der Waals surface area contributed by atoms with Crippen LogP contribution in [-0.2, 0) is 19.7 Å². The molecule has 2 rings (SSSR count). The number of rotatable bonds is 6. The highest BCUT2D eigenvalue weighted by molar-refractivity contribution is 7.91. The zero-order valence-corrected chi connectivity index (χ0v) is 17.7. The Hall–Kier alpha value is -2.60. The SMILES string of the molecule is CN=Nc1c(S(C)(=O)=O)cc2c(N=NC)c(N(C)CS(C)(=O)=O)ccc2c1O. The summed E-state index contributed by atoms with van der Waals surface area (Å²) in [5, 5.41) is 26.3. The van der Waals surface area contributed by atoms with Gasteiger partial charge in [-0.1, -0.05) is 0 Å². The topological polar surface area (TPSA) is 141 Å². The average Bonchev–Trinajstić information content (AvgIpc) is 2.55. The third kappa shape index (κ3) is 4.44. The molecule has 28 heavy (non-hydrogen) atoms. The van der Waals surface area contributed by atoms with E-state index in [4.69, 9.17) is 0 Å². The van der Waals surface area contributed by atoms with Gasteiger partial charge in [0.05, 0.1) is 10.6 Å². The largest absolute Gasteiger partial charge is 0.505 e. The quantitative estimate of drug-likeness (QED) is 0.703. The minimum atomic E-state index is -3.76. The zero-order chi connectivity index (χ0) is 21.3. The predicted octanol–water partition coefficient (Wildman–Crippen LogP) is 2.81. The van der Waals surface area contributed by atoms with Gasteiger partial charge < -0.3 is 10.0 Å². The first-order chi connectivity index (χ1) is 12.9. The van der Waals surface area contributed by atoms with Crippen LogP contribution >= 0.6 is 0 Å².